The maximum Gasteiger partial charge on any atom is 0.329 e. The number of carbonyl (C=O) groups excluding carboxylic acids is 4. The fraction of sp³-hybridized carbons (Fsp3) is 0.524. The Bertz CT molecular complexity index is 799. The van der Waals surface area contributed by atoms with Gasteiger partial charge in [-0.1, -0.05) is 25.0 Å². The standard InChI is InChI=1S/C21H26N2O6/c1-12(23-19(25)14-8-4-5-9-15(14)20(23)26)21(27)29-13(2)18(24)22-16-10-6-7-11-17(16)28-3/h6-7,10-15H,4-5,8-9H2,1-3H3,(H,22,24)/t12-,13?,14?,15?/m0/s1. The van der Waals surface area contributed by atoms with Crippen molar-refractivity contribution in [1.82, 2.24) is 4.90 Å². The Morgan fingerprint density at radius 1 is 1.07 bits per heavy atom. The topological polar surface area (TPSA) is 102 Å². The van der Waals surface area contributed by atoms with Crippen LogP contribution < -0.4 is 10.1 Å². The van der Waals surface area contributed by atoms with Crippen molar-refractivity contribution in [3.05, 3.63) is 24.3 Å². The van der Waals surface area contributed by atoms with E-state index in [1.54, 1.807) is 24.3 Å². The van der Waals surface area contributed by atoms with Gasteiger partial charge in [-0.15, -0.1) is 0 Å². The van der Waals surface area contributed by atoms with Crippen molar-refractivity contribution < 1.29 is 28.7 Å². The molecule has 29 heavy (non-hydrogen) atoms. The van der Waals surface area contributed by atoms with E-state index in [4.69, 9.17) is 9.47 Å². The highest BCUT2D eigenvalue weighted by Crippen LogP contribution is 2.39. The van der Waals surface area contributed by atoms with Crippen molar-refractivity contribution in [2.24, 2.45) is 11.8 Å². The molecule has 4 atom stereocenters. The summed E-state index contributed by atoms with van der Waals surface area (Å²) in [7, 11) is 1.48. The molecule has 1 heterocycles. The lowest BCUT2D eigenvalue weighted by molar-refractivity contribution is -0.163. The van der Waals surface area contributed by atoms with Crippen LogP contribution in [0.3, 0.4) is 0 Å². The van der Waals surface area contributed by atoms with E-state index in [0.29, 0.717) is 24.3 Å². The second-order valence-electron chi connectivity index (χ2n) is 7.49. The molecular formula is C21H26N2O6. The molecule has 2 aliphatic rings. The molecule has 8 nitrogen and oxygen atoms in total. The fourth-order valence-electron chi connectivity index (χ4n) is 3.98. The van der Waals surface area contributed by atoms with Crippen LogP contribution in [0, 0.1) is 11.8 Å². The first kappa shape index (κ1) is 20.8. The average Bonchev–Trinajstić information content (AvgIpc) is 2.98. The number of fused-ring (bicyclic) bond motifs is 1. The third kappa shape index (κ3) is 4.11. The van der Waals surface area contributed by atoms with E-state index >= 15 is 0 Å². The first-order valence-corrected chi connectivity index (χ1v) is 9.86. The molecule has 0 bridgehead atoms. The highest BCUT2D eigenvalue weighted by molar-refractivity contribution is 6.08. The number of carbonyl (C=O) groups is 4. The number of esters is 1. The van der Waals surface area contributed by atoms with Crippen LogP contribution in [0.15, 0.2) is 24.3 Å². The van der Waals surface area contributed by atoms with Gasteiger partial charge in [0.1, 0.15) is 11.8 Å². The molecule has 1 saturated carbocycles. The van der Waals surface area contributed by atoms with Crippen LogP contribution >= 0.6 is 0 Å². The Balaban J connectivity index is 1.62. The van der Waals surface area contributed by atoms with Crippen molar-refractivity contribution >= 4 is 29.4 Å². The van der Waals surface area contributed by atoms with Gasteiger partial charge in [0.05, 0.1) is 24.6 Å². The van der Waals surface area contributed by atoms with Crippen molar-refractivity contribution in [2.75, 3.05) is 12.4 Å². The van der Waals surface area contributed by atoms with E-state index in [0.717, 1.165) is 17.7 Å². The van der Waals surface area contributed by atoms with E-state index in [9.17, 15) is 19.2 Å². The number of nitrogens with zero attached hydrogens (tertiary/aromatic N) is 1. The summed E-state index contributed by atoms with van der Waals surface area (Å²) in [5.41, 5.74) is 0.449. The van der Waals surface area contributed by atoms with E-state index < -0.39 is 24.0 Å². The number of nitrogens with one attached hydrogen (secondary N) is 1. The quantitative estimate of drug-likeness (QED) is 0.578. The summed E-state index contributed by atoms with van der Waals surface area (Å²) < 4.78 is 10.4. The van der Waals surface area contributed by atoms with Gasteiger partial charge in [0.15, 0.2) is 6.10 Å². The molecule has 1 saturated heterocycles. The third-order valence-electron chi connectivity index (χ3n) is 5.63. The first-order chi connectivity index (χ1) is 13.8. The Hall–Kier alpha value is -2.90. The number of likely N-dealkylation sites (tertiary alicyclic amines) is 1. The maximum atomic E-state index is 12.6. The van der Waals surface area contributed by atoms with Crippen molar-refractivity contribution in [3.8, 4) is 5.75 Å². The molecule has 0 radical (unpaired) electrons. The van der Waals surface area contributed by atoms with Crippen LogP contribution in [-0.2, 0) is 23.9 Å². The number of para-hydroxylation sites is 2. The lowest BCUT2D eigenvalue weighted by Gasteiger charge is -2.23. The molecule has 8 heteroatoms. The molecule has 3 amide bonds. The van der Waals surface area contributed by atoms with Gasteiger partial charge in [-0.25, -0.2) is 4.79 Å². The number of hydrogen-bond acceptors (Lipinski definition) is 6. The number of anilines is 1. The highest BCUT2D eigenvalue weighted by Gasteiger charge is 2.51. The number of ether oxygens (including phenoxy) is 2. The summed E-state index contributed by atoms with van der Waals surface area (Å²) in [6.07, 6.45) is 2.06. The zero-order chi connectivity index (χ0) is 21.1. The Kier molecular flexibility index (Phi) is 6.20. The van der Waals surface area contributed by atoms with E-state index in [1.807, 2.05) is 0 Å². The molecule has 1 aromatic rings. The second-order valence-corrected chi connectivity index (χ2v) is 7.49. The van der Waals surface area contributed by atoms with E-state index in [2.05, 4.69) is 5.32 Å². The molecule has 1 aromatic carbocycles. The van der Waals surface area contributed by atoms with Crippen molar-refractivity contribution in [2.45, 2.75) is 51.7 Å². The third-order valence-corrected chi connectivity index (χ3v) is 5.63. The molecule has 1 N–H and O–H groups in total. The minimum atomic E-state index is -1.11. The van der Waals surface area contributed by atoms with Gasteiger partial charge >= 0.3 is 5.97 Å². The van der Waals surface area contributed by atoms with Gasteiger partial charge < -0.3 is 14.8 Å². The predicted octanol–water partition coefficient (Wildman–Crippen LogP) is 2.13. The number of rotatable bonds is 6. The molecule has 1 aliphatic carbocycles. The zero-order valence-corrected chi connectivity index (χ0v) is 16.8. The van der Waals surface area contributed by atoms with Crippen LogP contribution in [-0.4, -0.2) is 47.8 Å². The molecule has 3 rings (SSSR count). The van der Waals surface area contributed by atoms with E-state index in [1.165, 1.54) is 21.0 Å². The van der Waals surface area contributed by atoms with Crippen molar-refractivity contribution in [1.29, 1.82) is 0 Å². The normalized spacial score (nSPS) is 23.2. The predicted molar refractivity (Wildman–Crippen MR) is 104 cm³/mol. The summed E-state index contributed by atoms with van der Waals surface area (Å²) in [6.45, 7) is 2.89. The minimum Gasteiger partial charge on any atom is -0.495 e. The fourth-order valence-corrected chi connectivity index (χ4v) is 3.98. The smallest absolute Gasteiger partial charge is 0.329 e. The van der Waals surface area contributed by atoms with Gasteiger partial charge in [-0.3, -0.25) is 19.3 Å². The van der Waals surface area contributed by atoms with Crippen LogP contribution in [0.4, 0.5) is 5.69 Å². The number of hydrogen-bond donors (Lipinski definition) is 1. The Morgan fingerprint density at radius 2 is 1.66 bits per heavy atom. The van der Waals surface area contributed by atoms with Gasteiger partial charge in [0, 0.05) is 0 Å². The molecule has 3 unspecified atom stereocenters. The summed E-state index contributed by atoms with van der Waals surface area (Å²) in [6, 6.07) is 5.79. The average molecular weight is 402 g/mol. The lowest BCUT2D eigenvalue weighted by Crippen LogP contribution is -2.46. The number of benzene rings is 1. The zero-order valence-electron chi connectivity index (χ0n) is 16.8. The number of methoxy groups -OCH3 is 1. The summed E-state index contributed by atoms with van der Waals surface area (Å²) in [5.74, 6) is -2.14. The van der Waals surface area contributed by atoms with Crippen LogP contribution in [0.25, 0.3) is 0 Å². The van der Waals surface area contributed by atoms with E-state index in [-0.39, 0.29) is 23.7 Å². The SMILES string of the molecule is COc1ccccc1NC(=O)C(C)OC(=O)[C@H](C)N1C(=O)C2CCCCC2C1=O. The van der Waals surface area contributed by atoms with Gasteiger partial charge in [0.25, 0.3) is 5.91 Å². The highest BCUT2D eigenvalue weighted by atomic mass is 16.5. The number of amides is 3. The van der Waals surface area contributed by atoms with Crippen LogP contribution in [0.2, 0.25) is 0 Å². The Labute approximate surface area is 169 Å². The second kappa shape index (κ2) is 8.63. The number of imide groups is 1. The molecular weight excluding hydrogens is 376 g/mol. The summed E-state index contributed by atoms with van der Waals surface area (Å²) in [5, 5.41) is 2.64. The lowest BCUT2D eigenvalue weighted by atomic mass is 9.81. The monoisotopic (exact) mass is 402 g/mol. The minimum absolute atomic E-state index is 0.310. The van der Waals surface area contributed by atoms with Crippen LogP contribution in [0.1, 0.15) is 39.5 Å². The van der Waals surface area contributed by atoms with Gasteiger partial charge in [-0.05, 0) is 38.8 Å². The largest absolute Gasteiger partial charge is 0.495 e. The van der Waals surface area contributed by atoms with Gasteiger partial charge in [-0.2, -0.15) is 0 Å². The van der Waals surface area contributed by atoms with Crippen LogP contribution in [0.5, 0.6) is 5.75 Å². The summed E-state index contributed by atoms with van der Waals surface area (Å²) in [4.78, 5) is 51.2. The summed E-state index contributed by atoms with van der Waals surface area (Å²) >= 11 is 0. The van der Waals surface area contributed by atoms with Gasteiger partial charge in [0.2, 0.25) is 11.8 Å². The molecule has 0 spiro atoms. The molecule has 1 aliphatic heterocycles. The molecule has 156 valence electrons. The molecule has 2 fully saturated rings. The van der Waals surface area contributed by atoms with Crippen molar-refractivity contribution in [3.63, 3.8) is 0 Å². The molecule has 0 aromatic heterocycles. The Morgan fingerprint density at radius 3 is 2.24 bits per heavy atom. The first-order valence-electron chi connectivity index (χ1n) is 9.86. The maximum absolute atomic E-state index is 12.6.